The van der Waals surface area contributed by atoms with E-state index >= 15 is 4.39 Å². The quantitative estimate of drug-likeness (QED) is 0.352. The van der Waals surface area contributed by atoms with Gasteiger partial charge >= 0.3 is 0 Å². The van der Waals surface area contributed by atoms with E-state index in [2.05, 4.69) is 11.6 Å². The summed E-state index contributed by atoms with van der Waals surface area (Å²) in [5.74, 6) is -1.91. The van der Waals surface area contributed by atoms with Gasteiger partial charge in [0.15, 0.2) is 5.75 Å². The first-order valence-corrected chi connectivity index (χ1v) is 9.38. The molecule has 7 nitrogen and oxygen atoms in total. The number of nitrogens with one attached hydrogen (secondary N) is 2. The second kappa shape index (κ2) is 6.88. The molecule has 8 heteroatoms. The van der Waals surface area contributed by atoms with Crippen LogP contribution in [0, 0.1) is 17.1 Å². The molecule has 0 spiro atoms. The first kappa shape index (κ1) is 18.9. The summed E-state index contributed by atoms with van der Waals surface area (Å²) in [5, 5.41) is 17.7. The zero-order valence-corrected chi connectivity index (χ0v) is 15.7. The van der Waals surface area contributed by atoms with Gasteiger partial charge in [-0.3, -0.25) is 15.0 Å². The molecule has 0 radical (unpaired) electrons. The zero-order chi connectivity index (χ0) is 20.9. The van der Waals surface area contributed by atoms with Crippen LogP contribution in [0.1, 0.15) is 36.6 Å². The van der Waals surface area contributed by atoms with Crippen molar-refractivity contribution < 1.29 is 14.3 Å². The van der Waals surface area contributed by atoms with Crippen molar-refractivity contribution in [2.45, 2.75) is 25.2 Å². The van der Waals surface area contributed by atoms with E-state index in [-0.39, 0.29) is 34.6 Å². The van der Waals surface area contributed by atoms with Gasteiger partial charge in [0.1, 0.15) is 17.3 Å². The highest BCUT2D eigenvalue weighted by Gasteiger charge is 2.33. The Balaban J connectivity index is 1.81. The number of carbonyl (C=O) groups excluding carboxylic acids is 1. The lowest BCUT2D eigenvalue weighted by molar-refractivity contribution is -0.117. The molecule has 1 saturated carbocycles. The molecule has 1 saturated heterocycles. The highest BCUT2D eigenvalue weighted by atomic mass is 19.1. The number of rotatable bonds is 5. The third-order valence-corrected chi connectivity index (χ3v) is 5.48. The summed E-state index contributed by atoms with van der Waals surface area (Å²) in [7, 11) is 0. The van der Waals surface area contributed by atoms with Gasteiger partial charge in [0.05, 0.1) is 5.56 Å². The van der Waals surface area contributed by atoms with Crippen molar-refractivity contribution in [2.24, 2.45) is 11.7 Å². The molecule has 1 amide bonds. The van der Waals surface area contributed by atoms with Gasteiger partial charge in [-0.25, -0.2) is 4.39 Å². The van der Waals surface area contributed by atoms with Crippen LogP contribution in [0.5, 0.6) is 5.75 Å². The first-order valence-electron chi connectivity index (χ1n) is 9.38. The van der Waals surface area contributed by atoms with Gasteiger partial charge in [0, 0.05) is 35.8 Å². The van der Waals surface area contributed by atoms with Crippen molar-refractivity contribution in [1.29, 1.82) is 5.41 Å². The maximum Gasteiger partial charge on any atom is 0.232 e. The summed E-state index contributed by atoms with van der Waals surface area (Å²) in [6, 6.07) is 4.26. The minimum absolute atomic E-state index is 0.0176. The van der Waals surface area contributed by atoms with Crippen LogP contribution in [-0.4, -0.2) is 28.4 Å². The van der Waals surface area contributed by atoms with Crippen molar-refractivity contribution in [1.82, 2.24) is 4.98 Å². The Morgan fingerprint density at radius 2 is 2.10 bits per heavy atom. The average Bonchev–Trinajstić information content (AvgIpc) is 3.45. The monoisotopic (exact) mass is 396 g/mol. The largest absolute Gasteiger partial charge is 0.503 e. The standard InChI is InChI=1S/C21H21FN4O3/c1-2-10-7-15(27)26(9-10)12-5-6-13(14(22)8-12)16-17(11-3-4-11)25-18(21(23)24)20(29)19(16)28/h2,5-6,8,10-11,29H,1,3-4,7,9H2,(H3,23,24)(H,25,28). The summed E-state index contributed by atoms with van der Waals surface area (Å²) in [4.78, 5) is 29.4. The molecule has 1 aromatic heterocycles. The molecule has 1 atom stereocenters. The summed E-state index contributed by atoms with van der Waals surface area (Å²) >= 11 is 0. The minimum Gasteiger partial charge on any atom is -0.503 e. The number of H-pyrrole nitrogens is 1. The third kappa shape index (κ3) is 3.20. The second-order valence-corrected chi connectivity index (χ2v) is 7.52. The number of hydrogen-bond acceptors (Lipinski definition) is 4. The Labute approximate surface area is 166 Å². The van der Waals surface area contributed by atoms with Gasteiger partial charge in [0.25, 0.3) is 0 Å². The van der Waals surface area contributed by atoms with Crippen LogP contribution in [0.3, 0.4) is 0 Å². The molecule has 4 rings (SSSR count). The predicted molar refractivity (Wildman–Crippen MR) is 108 cm³/mol. The van der Waals surface area contributed by atoms with Crippen LogP contribution in [-0.2, 0) is 4.79 Å². The number of amidine groups is 1. The van der Waals surface area contributed by atoms with Crippen LogP contribution in [0.25, 0.3) is 11.1 Å². The van der Waals surface area contributed by atoms with Crippen LogP contribution in [0.15, 0.2) is 35.6 Å². The summed E-state index contributed by atoms with van der Waals surface area (Å²) in [6.45, 7) is 4.14. The topological polar surface area (TPSA) is 123 Å². The number of nitrogen functional groups attached to an aromatic ring is 1. The third-order valence-electron chi connectivity index (χ3n) is 5.48. The van der Waals surface area contributed by atoms with E-state index < -0.39 is 22.8 Å². The maximum atomic E-state index is 15.1. The number of aromatic amines is 1. The van der Waals surface area contributed by atoms with E-state index in [1.807, 2.05) is 0 Å². The smallest absolute Gasteiger partial charge is 0.232 e. The van der Waals surface area contributed by atoms with Crippen LogP contribution >= 0.6 is 0 Å². The molecule has 150 valence electrons. The molecule has 2 fully saturated rings. The number of pyridine rings is 1. The Bertz CT molecular complexity index is 1100. The Morgan fingerprint density at radius 1 is 1.38 bits per heavy atom. The van der Waals surface area contributed by atoms with Crippen molar-refractivity contribution in [3.63, 3.8) is 0 Å². The van der Waals surface area contributed by atoms with E-state index in [4.69, 9.17) is 11.1 Å². The van der Waals surface area contributed by atoms with Crippen LogP contribution in [0.4, 0.5) is 10.1 Å². The van der Waals surface area contributed by atoms with Crippen LogP contribution < -0.4 is 16.1 Å². The fourth-order valence-corrected chi connectivity index (χ4v) is 3.77. The molecule has 1 unspecified atom stereocenters. The Morgan fingerprint density at radius 3 is 2.66 bits per heavy atom. The van der Waals surface area contributed by atoms with Gasteiger partial charge in [-0.15, -0.1) is 6.58 Å². The molecular weight excluding hydrogens is 375 g/mol. The number of halogens is 1. The number of hydrogen-bond donors (Lipinski definition) is 4. The van der Waals surface area contributed by atoms with E-state index in [0.29, 0.717) is 24.3 Å². The lowest BCUT2D eigenvalue weighted by atomic mass is 9.98. The van der Waals surface area contributed by atoms with E-state index in [1.54, 1.807) is 12.1 Å². The number of nitrogens with zero attached hydrogens (tertiary/aromatic N) is 1. The molecule has 1 aromatic carbocycles. The minimum atomic E-state index is -0.772. The summed E-state index contributed by atoms with van der Waals surface area (Å²) < 4.78 is 15.1. The van der Waals surface area contributed by atoms with Gasteiger partial charge in [-0.2, -0.15) is 0 Å². The molecule has 2 aliphatic rings. The normalized spacial score (nSPS) is 18.9. The zero-order valence-electron chi connectivity index (χ0n) is 15.7. The average molecular weight is 396 g/mol. The molecular formula is C21H21FN4O3. The molecule has 0 bridgehead atoms. The molecule has 1 aliphatic heterocycles. The number of amides is 1. The van der Waals surface area contributed by atoms with Crippen LogP contribution in [0.2, 0.25) is 0 Å². The lowest BCUT2D eigenvalue weighted by Crippen LogP contribution is -2.24. The Hall–Kier alpha value is -3.42. The van der Waals surface area contributed by atoms with Gasteiger partial charge in [-0.1, -0.05) is 6.08 Å². The first-order chi connectivity index (χ1) is 13.8. The van der Waals surface area contributed by atoms with Gasteiger partial charge in [0.2, 0.25) is 11.3 Å². The molecule has 2 aromatic rings. The van der Waals surface area contributed by atoms with Gasteiger partial charge in [-0.05, 0) is 37.0 Å². The molecule has 29 heavy (non-hydrogen) atoms. The van der Waals surface area contributed by atoms with Crippen molar-refractivity contribution in [3.8, 4) is 16.9 Å². The van der Waals surface area contributed by atoms with E-state index in [9.17, 15) is 14.7 Å². The summed E-state index contributed by atoms with van der Waals surface area (Å²) in [6.07, 6.45) is 3.67. The predicted octanol–water partition coefficient (Wildman–Crippen LogP) is 2.59. The van der Waals surface area contributed by atoms with Gasteiger partial charge < -0.3 is 20.7 Å². The fourth-order valence-electron chi connectivity index (χ4n) is 3.77. The Kier molecular flexibility index (Phi) is 4.49. The number of anilines is 1. The van der Waals surface area contributed by atoms with Crippen molar-refractivity contribution in [3.05, 3.63) is 58.3 Å². The lowest BCUT2D eigenvalue weighted by Gasteiger charge is -2.18. The van der Waals surface area contributed by atoms with Crippen molar-refractivity contribution in [2.75, 3.05) is 11.4 Å². The van der Waals surface area contributed by atoms with E-state index in [1.165, 1.54) is 17.0 Å². The molecule has 1 aliphatic carbocycles. The molecule has 2 heterocycles. The highest BCUT2D eigenvalue weighted by Crippen LogP contribution is 2.44. The number of aromatic hydroxyl groups is 1. The van der Waals surface area contributed by atoms with Crippen molar-refractivity contribution >= 4 is 17.4 Å². The summed E-state index contributed by atoms with van der Waals surface area (Å²) in [5.41, 5.74) is 5.48. The second-order valence-electron chi connectivity index (χ2n) is 7.52. The fraction of sp³-hybridized carbons (Fsp3) is 0.286. The SMILES string of the molecule is C=CC1CC(=O)N(c2ccc(-c3c(C4CC4)[nH]c(C(=N)N)c(O)c3=O)c(F)c2)C1. The number of aromatic nitrogens is 1. The maximum absolute atomic E-state index is 15.1. The van der Waals surface area contributed by atoms with E-state index in [0.717, 1.165) is 12.8 Å². The number of benzene rings is 1. The number of carbonyl (C=O) groups is 1. The highest BCUT2D eigenvalue weighted by molar-refractivity contribution is 5.97. The molecule has 5 N–H and O–H groups in total. The number of nitrogens with two attached hydrogens (primary N) is 1.